The molecular weight excluding hydrogens is 567 g/mol. The maximum Gasteiger partial charge on any atom is 0.0540 e. The third kappa shape index (κ3) is 4.51. The molecule has 6 aromatic rings. The molecule has 1 spiro atoms. The van der Waals surface area contributed by atoms with Crippen LogP contribution >= 0.6 is 0 Å². The molecule has 0 amide bonds. The number of anilines is 3. The third-order valence-electron chi connectivity index (χ3n) is 11.6. The van der Waals surface area contributed by atoms with Gasteiger partial charge in [-0.25, -0.2) is 0 Å². The van der Waals surface area contributed by atoms with Crippen LogP contribution in [-0.2, 0) is 5.41 Å². The number of hydrogen-bond donors (Lipinski definition) is 0. The number of fused-ring (bicyclic) bond motifs is 3. The molecule has 0 aliphatic heterocycles. The van der Waals surface area contributed by atoms with Crippen LogP contribution < -0.4 is 4.90 Å². The summed E-state index contributed by atoms with van der Waals surface area (Å²) in [6.45, 7) is 2.49. The largest absolute Gasteiger partial charge is 0.310 e. The molecule has 2 unspecified atom stereocenters. The Morgan fingerprint density at radius 1 is 0.489 bits per heavy atom. The number of benzene rings is 6. The van der Waals surface area contributed by atoms with E-state index in [0.717, 1.165) is 17.8 Å². The number of para-hydroxylation sites is 1. The van der Waals surface area contributed by atoms with Crippen molar-refractivity contribution in [3.05, 3.63) is 163 Å². The fourth-order valence-electron chi connectivity index (χ4n) is 9.83. The Hall–Kier alpha value is -4.88. The molecule has 47 heavy (non-hydrogen) atoms. The minimum atomic E-state index is 0.152. The Labute approximate surface area is 279 Å². The molecular formula is C46H41N. The maximum absolute atomic E-state index is 2.53. The van der Waals surface area contributed by atoms with Crippen LogP contribution in [-0.4, -0.2) is 0 Å². The Kier molecular flexibility index (Phi) is 6.89. The second kappa shape index (κ2) is 11.4. The molecule has 3 aliphatic rings. The molecule has 2 atom stereocenters. The zero-order valence-corrected chi connectivity index (χ0v) is 27.1. The van der Waals surface area contributed by atoms with Crippen LogP contribution in [0.3, 0.4) is 0 Å². The minimum Gasteiger partial charge on any atom is -0.310 e. The van der Waals surface area contributed by atoms with Crippen molar-refractivity contribution in [3.63, 3.8) is 0 Å². The number of nitrogens with zero attached hydrogens (tertiary/aromatic N) is 1. The predicted molar refractivity (Wildman–Crippen MR) is 197 cm³/mol. The SMILES string of the molecule is CC1CC2CCCC(C1)C21c2ccccc2-c2cc(N(c3ccccc3)c3ccc(-c4ccccc4)cc3-c3ccccc3)ccc21. The fraction of sp³-hybridized carbons (Fsp3) is 0.217. The second-order valence-electron chi connectivity index (χ2n) is 14.2. The second-order valence-corrected chi connectivity index (χ2v) is 14.2. The lowest BCUT2D eigenvalue weighted by atomic mass is 9.49. The van der Waals surface area contributed by atoms with Gasteiger partial charge in [-0.15, -0.1) is 0 Å². The molecule has 2 bridgehead atoms. The Bertz CT molecular complexity index is 2030. The van der Waals surface area contributed by atoms with E-state index >= 15 is 0 Å². The topological polar surface area (TPSA) is 3.24 Å². The van der Waals surface area contributed by atoms with Crippen molar-refractivity contribution >= 4 is 17.1 Å². The van der Waals surface area contributed by atoms with E-state index in [2.05, 4.69) is 163 Å². The molecule has 0 radical (unpaired) electrons. The van der Waals surface area contributed by atoms with E-state index in [1.54, 1.807) is 11.1 Å². The first-order valence-electron chi connectivity index (χ1n) is 17.6. The number of rotatable bonds is 5. The fourth-order valence-corrected chi connectivity index (χ4v) is 9.83. The van der Waals surface area contributed by atoms with Gasteiger partial charge in [-0.1, -0.05) is 129 Å². The smallest absolute Gasteiger partial charge is 0.0540 e. The highest BCUT2D eigenvalue weighted by Crippen LogP contribution is 2.65. The molecule has 0 N–H and O–H groups in total. The quantitative estimate of drug-likeness (QED) is 0.188. The van der Waals surface area contributed by atoms with E-state index in [4.69, 9.17) is 0 Å². The van der Waals surface area contributed by atoms with Gasteiger partial charge in [0.1, 0.15) is 0 Å². The lowest BCUT2D eigenvalue weighted by Crippen LogP contribution is -2.49. The van der Waals surface area contributed by atoms with Crippen LogP contribution in [0.5, 0.6) is 0 Å². The van der Waals surface area contributed by atoms with Crippen molar-refractivity contribution in [2.75, 3.05) is 4.90 Å². The van der Waals surface area contributed by atoms with Crippen molar-refractivity contribution in [3.8, 4) is 33.4 Å². The summed E-state index contributed by atoms with van der Waals surface area (Å²) in [5.41, 5.74) is 14.7. The van der Waals surface area contributed by atoms with Crippen molar-refractivity contribution < 1.29 is 0 Å². The van der Waals surface area contributed by atoms with E-state index in [1.165, 1.54) is 82.5 Å². The van der Waals surface area contributed by atoms with Crippen LogP contribution in [0.1, 0.15) is 50.2 Å². The van der Waals surface area contributed by atoms with Gasteiger partial charge in [-0.3, -0.25) is 0 Å². The van der Waals surface area contributed by atoms with Crippen LogP contribution in [0.15, 0.2) is 152 Å². The third-order valence-corrected chi connectivity index (χ3v) is 11.6. The summed E-state index contributed by atoms with van der Waals surface area (Å²) in [4.78, 5) is 2.48. The highest BCUT2D eigenvalue weighted by molar-refractivity contribution is 5.93. The summed E-state index contributed by atoms with van der Waals surface area (Å²) < 4.78 is 0. The van der Waals surface area contributed by atoms with E-state index in [1.807, 2.05) is 0 Å². The summed E-state index contributed by atoms with van der Waals surface area (Å²) in [5.74, 6) is 2.26. The molecule has 3 aliphatic carbocycles. The summed E-state index contributed by atoms with van der Waals surface area (Å²) in [7, 11) is 0. The lowest BCUT2D eigenvalue weighted by molar-refractivity contribution is 0.0564. The monoisotopic (exact) mass is 607 g/mol. The van der Waals surface area contributed by atoms with Crippen LogP contribution in [0, 0.1) is 17.8 Å². The zero-order valence-electron chi connectivity index (χ0n) is 27.1. The average molecular weight is 608 g/mol. The van der Waals surface area contributed by atoms with Crippen LogP contribution in [0.2, 0.25) is 0 Å². The van der Waals surface area contributed by atoms with Crippen LogP contribution in [0.25, 0.3) is 33.4 Å². The summed E-state index contributed by atoms with van der Waals surface area (Å²) >= 11 is 0. The minimum absolute atomic E-state index is 0.152. The van der Waals surface area contributed by atoms with Gasteiger partial charge in [0.05, 0.1) is 5.69 Å². The first-order valence-corrected chi connectivity index (χ1v) is 17.6. The van der Waals surface area contributed by atoms with Crippen LogP contribution in [0.4, 0.5) is 17.1 Å². The van der Waals surface area contributed by atoms with Crippen molar-refractivity contribution in [2.24, 2.45) is 17.8 Å². The van der Waals surface area contributed by atoms with Gasteiger partial charge in [0.2, 0.25) is 0 Å². The Morgan fingerprint density at radius 3 is 1.83 bits per heavy atom. The molecule has 0 saturated heterocycles. The van der Waals surface area contributed by atoms with Gasteiger partial charge >= 0.3 is 0 Å². The molecule has 1 heteroatoms. The molecule has 6 aromatic carbocycles. The Morgan fingerprint density at radius 2 is 1.11 bits per heavy atom. The van der Waals surface area contributed by atoms with Gasteiger partial charge in [-0.05, 0) is 119 Å². The number of hydrogen-bond acceptors (Lipinski definition) is 1. The summed E-state index contributed by atoms with van der Waals surface area (Å²) in [5, 5.41) is 0. The van der Waals surface area contributed by atoms with E-state index in [9.17, 15) is 0 Å². The zero-order chi connectivity index (χ0) is 31.4. The van der Waals surface area contributed by atoms with Gasteiger partial charge in [0.25, 0.3) is 0 Å². The van der Waals surface area contributed by atoms with E-state index < -0.39 is 0 Å². The standard InChI is InChI=1S/C46H41N/c1-32-28-36-18-13-19-37(29-32)46(36)43-23-12-11-22-40(43)42-31-39(25-26-44(42)46)47(38-20-9-4-10-21-38)45-27-24-35(33-14-5-2-6-15-33)30-41(45)34-16-7-3-8-17-34/h2-12,14-17,20-27,30-32,36-37H,13,18-19,28-29H2,1H3. The van der Waals surface area contributed by atoms with E-state index in [0.29, 0.717) is 0 Å². The first-order chi connectivity index (χ1) is 23.2. The molecule has 1 nitrogen and oxygen atoms in total. The first kappa shape index (κ1) is 28.4. The molecule has 0 aromatic heterocycles. The molecule has 0 heterocycles. The molecule has 230 valence electrons. The predicted octanol–water partition coefficient (Wildman–Crippen LogP) is 12.6. The average Bonchev–Trinajstić information content (AvgIpc) is 3.40. The van der Waals surface area contributed by atoms with E-state index in [-0.39, 0.29) is 5.41 Å². The van der Waals surface area contributed by atoms with Crippen molar-refractivity contribution in [2.45, 2.75) is 44.4 Å². The van der Waals surface area contributed by atoms with Crippen molar-refractivity contribution in [1.29, 1.82) is 0 Å². The molecule has 2 fully saturated rings. The van der Waals surface area contributed by atoms with Crippen molar-refractivity contribution in [1.82, 2.24) is 0 Å². The normalized spacial score (nSPS) is 22.4. The van der Waals surface area contributed by atoms with Gasteiger partial charge in [0.15, 0.2) is 0 Å². The maximum atomic E-state index is 2.53. The molecule has 9 rings (SSSR count). The molecule has 2 saturated carbocycles. The summed E-state index contributed by atoms with van der Waals surface area (Å²) in [6, 6.07) is 56.4. The highest BCUT2D eigenvalue weighted by Gasteiger charge is 2.57. The Balaban J connectivity index is 1.26. The highest BCUT2D eigenvalue weighted by atomic mass is 15.1. The van der Waals surface area contributed by atoms with Gasteiger partial charge in [-0.2, -0.15) is 0 Å². The van der Waals surface area contributed by atoms with Gasteiger partial charge in [0, 0.05) is 22.4 Å². The van der Waals surface area contributed by atoms with Gasteiger partial charge < -0.3 is 4.90 Å². The lowest BCUT2D eigenvalue weighted by Gasteiger charge is -2.54. The summed E-state index contributed by atoms with van der Waals surface area (Å²) in [6.07, 6.45) is 6.76.